The molecule has 1 aliphatic rings. The molecule has 0 bridgehead atoms. The van der Waals surface area contributed by atoms with Crippen molar-refractivity contribution in [3.63, 3.8) is 0 Å². The average molecular weight is 363 g/mol. The summed E-state index contributed by atoms with van der Waals surface area (Å²) < 4.78 is 0. The molecular weight excluding hydrogens is 340 g/mol. The van der Waals surface area contributed by atoms with E-state index in [4.69, 9.17) is 17.3 Å². The van der Waals surface area contributed by atoms with Gasteiger partial charge in [-0.3, -0.25) is 14.5 Å². The number of likely N-dealkylation sites (tertiary alicyclic amines) is 1. The molecule has 0 aliphatic carbocycles. The van der Waals surface area contributed by atoms with Gasteiger partial charge in [0.05, 0.1) is 10.6 Å². The van der Waals surface area contributed by atoms with E-state index >= 15 is 0 Å². The van der Waals surface area contributed by atoms with E-state index in [1.54, 1.807) is 11.0 Å². The fourth-order valence-electron chi connectivity index (χ4n) is 3.22. The van der Waals surface area contributed by atoms with Gasteiger partial charge in [-0.1, -0.05) is 32.4 Å². The van der Waals surface area contributed by atoms with Crippen molar-refractivity contribution < 1.29 is 9.59 Å². The van der Waals surface area contributed by atoms with Crippen molar-refractivity contribution in [2.45, 2.75) is 52.1 Å². The van der Waals surface area contributed by atoms with Crippen molar-refractivity contribution in [3.05, 3.63) is 28.8 Å². The monoisotopic (exact) mass is 362 g/mol. The van der Waals surface area contributed by atoms with Crippen LogP contribution in [0.25, 0.3) is 0 Å². The lowest BCUT2D eigenvalue weighted by molar-refractivity contribution is -0.119. The number of benzene rings is 1. The Balaban J connectivity index is 2.09. The zero-order valence-electron chi connectivity index (χ0n) is 14.7. The third kappa shape index (κ3) is 4.64. The molecule has 2 amide bonds. The zero-order valence-corrected chi connectivity index (χ0v) is 15.4. The average Bonchev–Trinajstić information content (AvgIpc) is 2.87. The van der Waals surface area contributed by atoms with Crippen molar-refractivity contribution in [2.24, 2.45) is 11.1 Å². The Bertz CT molecular complexity index is 721. The van der Waals surface area contributed by atoms with Crippen LogP contribution in [-0.2, 0) is 4.79 Å². The van der Waals surface area contributed by atoms with Crippen LogP contribution in [0.2, 0.25) is 5.02 Å². The van der Waals surface area contributed by atoms with Crippen LogP contribution in [0.15, 0.2) is 18.2 Å². The number of hydrogen-bond acceptors (Lipinski definition) is 4. The predicted molar refractivity (Wildman–Crippen MR) is 96.9 cm³/mol. The highest BCUT2D eigenvalue weighted by Crippen LogP contribution is 2.33. The minimum atomic E-state index is -0.626. The molecule has 0 aromatic heterocycles. The number of rotatable bonds is 4. The van der Waals surface area contributed by atoms with Gasteiger partial charge >= 0.3 is 0 Å². The molecule has 3 N–H and O–H groups in total. The lowest BCUT2D eigenvalue weighted by atomic mass is 9.87. The molecule has 1 saturated heterocycles. The summed E-state index contributed by atoms with van der Waals surface area (Å²) in [5, 5.41) is 12.4. The van der Waals surface area contributed by atoms with Gasteiger partial charge in [-0.15, -0.1) is 0 Å². The molecule has 2 unspecified atom stereocenters. The maximum atomic E-state index is 12.6. The van der Waals surface area contributed by atoms with Crippen LogP contribution in [0.4, 0.5) is 5.69 Å². The molecule has 0 saturated carbocycles. The number of nitrogens with zero attached hydrogens (tertiary/aromatic N) is 2. The number of amides is 2. The van der Waals surface area contributed by atoms with Crippen molar-refractivity contribution in [1.29, 1.82) is 5.26 Å². The highest BCUT2D eigenvalue weighted by atomic mass is 35.5. The fourth-order valence-corrected chi connectivity index (χ4v) is 3.49. The van der Waals surface area contributed by atoms with Crippen LogP contribution in [0.1, 0.15) is 50.4 Å². The predicted octanol–water partition coefficient (Wildman–Crippen LogP) is 3.13. The van der Waals surface area contributed by atoms with Gasteiger partial charge in [-0.2, -0.15) is 5.26 Å². The van der Waals surface area contributed by atoms with Crippen LogP contribution in [0.3, 0.4) is 0 Å². The fraction of sp³-hybridized carbons (Fsp3) is 0.500. The number of carbonyl (C=O) groups is 2. The minimum Gasteiger partial charge on any atom is -0.366 e. The Morgan fingerprint density at radius 2 is 2.08 bits per heavy atom. The second-order valence-corrected chi connectivity index (χ2v) is 7.97. The number of nitriles is 1. The van der Waals surface area contributed by atoms with Crippen LogP contribution < -0.4 is 11.1 Å². The molecule has 2 rings (SSSR count). The van der Waals surface area contributed by atoms with E-state index in [-0.39, 0.29) is 28.0 Å². The first-order valence-corrected chi connectivity index (χ1v) is 8.58. The second kappa shape index (κ2) is 7.32. The summed E-state index contributed by atoms with van der Waals surface area (Å²) in [5.41, 5.74) is 5.97. The molecule has 1 fully saturated rings. The SMILES string of the molecule is CC(C)(C)CC1CCC(C(=O)Nc2ccc(C(N)=O)c(Cl)c2)N1C#N. The zero-order chi connectivity index (χ0) is 18.8. The van der Waals surface area contributed by atoms with Crippen LogP contribution in [-0.4, -0.2) is 28.8 Å². The van der Waals surface area contributed by atoms with Gasteiger partial charge in [-0.25, -0.2) is 0 Å². The molecule has 2 atom stereocenters. The highest BCUT2D eigenvalue weighted by Gasteiger charge is 2.39. The number of carbonyl (C=O) groups excluding carboxylic acids is 2. The van der Waals surface area contributed by atoms with E-state index in [0.29, 0.717) is 12.1 Å². The van der Waals surface area contributed by atoms with Crippen molar-refractivity contribution in [2.75, 3.05) is 5.32 Å². The summed E-state index contributed by atoms with van der Waals surface area (Å²) >= 11 is 6.00. The molecule has 7 heteroatoms. The van der Waals surface area contributed by atoms with Crippen LogP contribution in [0, 0.1) is 16.9 Å². The molecule has 0 radical (unpaired) electrons. The third-order valence-electron chi connectivity index (χ3n) is 4.27. The number of nitrogens with two attached hydrogens (primary N) is 1. The standard InChI is InChI=1S/C18H23ClN4O2/c1-18(2,3)9-12-5-7-15(23(12)10-20)17(25)22-11-4-6-13(16(21)24)14(19)8-11/h4,6,8,12,15H,5,7,9H2,1-3H3,(H2,21,24)(H,22,25). The molecular formula is C18H23ClN4O2. The van der Waals surface area contributed by atoms with Crippen LogP contribution in [0.5, 0.6) is 0 Å². The molecule has 1 aromatic carbocycles. The first-order chi connectivity index (χ1) is 11.6. The third-order valence-corrected chi connectivity index (χ3v) is 4.58. The van der Waals surface area contributed by atoms with Gasteiger partial charge in [-0.05, 0) is 42.9 Å². The first-order valence-electron chi connectivity index (χ1n) is 8.20. The molecule has 1 aliphatic heterocycles. The summed E-state index contributed by atoms with van der Waals surface area (Å²) in [6.45, 7) is 6.37. The van der Waals surface area contributed by atoms with Gasteiger partial charge in [0.1, 0.15) is 6.04 Å². The summed E-state index contributed by atoms with van der Waals surface area (Å²) in [4.78, 5) is 25.4. The lowest BCUT2D eigenvalue weighted by Crippen LogP contribution is -2.41. The number of anilines is 1. The normalized spacial score (nSPS) is 20.2. The van der Waals surface area contributed by atoms with Crippen molar-refractivity contribution in [1.82, 2.24) is 4.90 Å². The molecule has 134 valence electrons. The van der Waals surface area contributed by atoms with Gasteiger partial charge in [0.15, 0.2) is 6.19 Å². The Morgan fingerprint density at radius 3 is 2.60 bits per heavy atom. The van der Waals surface area contributed by atoms with Crippen molar-refractivity contribution in [3.8, 4) is 6.19 Å². The topological polar surface area (TPSA) is 99.2 Å². The highest BCUT2D eigenvalue weighted by molar-refractivity contribution is 6.34. The summed E-state index contributed by atoms with van der Waals surface area (Å²) in [7, 11) is 0. The van der Waals surface area contributed by atoms with Gasteiger partial charge in [0.2, 0.25) is 11.8 Å². The number of primary amides is 1. The smallest absolute Gasteiger partial charge is 0.250 e. The summed E-state index contributed by atoms with van der Waals surface area (Å²) in [5.74, 6) is -0.875. The largest absolute Gasteiger partial charge is 0.366 e. The van der Waals surface area contributed by atoms with E-state index in [0.717, 1.165) is 12.8 Å². The maximum Gasteiger partial charge on any atom is 0.250 e. The van der Waals surface area contributed by atoms with E-state index < -0.39 is 11.9 Å². The second-order valence-electron chi connectivity index (χ2n) is 7.57. The Hall–Kier alpha value is -2.26. The number of nitrogens with one attached hydrogen (secondary N) is 1. The maximum absolute atomic E-state index is 12.6. The van der Waals surface area contributed by atoms with Crippen LogP contribution >= 0.6 is 11.6 Å². The van der Waals surface area contributed by atoms with Gasteiger partial charge in [0.25, 0.3) is 0 Å². The Labute approximate surface area is 152 Å². The number of hydrogen-bond donors (Lipinski definition) is 2. The van der Waals surface area contributed by atoms with E-state index in [2.05, 4.69) is 32.3 Å². The molecule has 6 nitrogen and oxygen atoms in total. The summed E-state index contributed by atoms with van der Waals surface area (Å²) in [6, 6.07) is 4.10. The first kappa shape index (κ1) is 19.1. The van der Waals surface area contributed by atoms with E-state index in [1.807, 2.05) is 0 Å². The molecule has 1 heterocycles. The van der Waals surface area contributed by atoms with E-state index in [1.165, 1.54) is 12.1 Å². The molecule has 1 aromatic rings. The molecule has 25 heavy (non-hydrogen) atoms. The quantitative estimate of drug-likeness (QED) is 0.803. The lowest BCUT2D eigenvalue weighted by Gasteiger charge is -2.29. The van der Waals surface area contributed by atoms with Crippen molar-refractivity contribution >= 4 is 29.1 Å². The van der Waals surface area contributed by atoms with E-state index in [9.17, 15) is 14.9 Å². The minimum absolute atomic E-state index is 0.0709. The summed E-state index contributed by atoms with van der Waals surface area (Å²) in [6.07, 6.45) is 4.47. The Kier molecular flexibility index (Phi) is 5.58. The number of halogens is 1. The van der Waals surface area contributed by atoms with Gasteiger partial charge in [0, 0.05) is 11.7 Å². The molecule has 0 spiro atoms. The Morgan fingerprint density at radius 1 is 1.40 bits per heavy atom. The van der Waals surface area contributed by atoms with Gasteiger partial charge < -0.3 is 11.1 Å².